The van der Waals surface area contributed by atoms with Gasteiger partial charge in [-0.15, -0.1) is 0 Å². The van der Waals surface area contributed by atoms with E-state index in [9.17, 15) is 10.2 Å². The van der Waals surface area contributed by atoms with Crippen molar-refractivity contribution in [2.75, 3.05) is 0 Å². The second-order valence-corrected chi connectivity index (χ2v) is 4.39. The molecule has 0 aliphatic heterocycles. The summed E-state index contributed by atoms with van der Waals surface area (Å²) >= 11 is 0. The Morgan fingerprint density at radius 3 is 1.45 bits per heavy atom. The van der Waals surface area contributed by atoms with E-state index in [0.29, 0.717) is 11.5 Å². The minimum atomic E-state index is 0.155. The summed E-state index contributed by atoms with van der Waals surface area (Å²) in [5, 5.41) is 18.5. The van der Waals surface area contributed by atoms with E-state index >= 15 is 0 Å². The zero-order chi connectivity index (χ0) is 15.4. The van der Waals surface area contributed by atoms with Crippen LogP contribution in [0.25, 0.3) is 0 Å². The van der Waals surface area contributed by atoms with Crippen LogP contribution in [0.15, 0.2) is 60.9 Å². The predicted molar refractivity (Wildman–Crippen MR) is 78.4 cm³/mol. The smallest absolute Gasteiger partial charge is 0.241 e. The van der Waals surface area contributed by atoms with E-state index in [1.54, 1.807) is 24.3 Å². The van der Waals surface area contributed by atoms with Crippen LogP contribution in [0.3, 0.4) is 0 Å². The Labute approximate surface area is 126 Å². The molecule has 0 spiro atoms. The van der Waals surface area contributed by atoms with Gasteiger partial charge in [-0.25, -0.2) is 0 Å². The molecule has 0 saturated heterocycles. The Kier molecular flexibility index (Phi) is 3.74. The molecule has 1 heterocycles. The summed E-state index contributed by atoms with van der Waals surface area (Å²) < 4.78 is 11.1. The van der Waals surface area contributed by atoms with Gasteiger partial charge >= 0.3 is 0 Å². The van der Waals surface area contributed by atoms with Crippen molar-refractivity contribution < 1.29 is 19.7 Å². The second-order valence-electron chi connectivity index (χ2n) is 4.39. The number of benzene rings is 2. The maximum atomic E-state index is 9.23. The third-order valence-corrected chi connectivity index (χ3v) is 2.71. The van der Waals surface area contributed by atoms with E-state index in [1.807, 2.05) is 0 Å². The number of ether oxygens (including phenoxy) is 2. The predicted octanol–water partition coefficient (Wildman–Crippen LogP) is 3.47. The standard InChI is InChI=1S/C16H12N2O4/c19-11-1-5-13(6-2-11)21-15-9-17-10-16(18-15)22-14-7-3-12(20)4-8-14/h1-10,19-20H. The summed E-state index contributed by atoms with van der Waals surface area (Å²) in [5.41, 5.74) is 0. The summed E-state index contributed by atoms with van der Waals surface area (Å²) in [4.78, 5) is 8.18. The van der Waals surface area contributed by atoms with E-state index in [0.717, 1.165) is 0 Å². The highest BCUT2D eigenvalue weighted by molar-refractivity contribution is 5.34. The lowest BCUT2D eigenvalue weighted by Crippen LogP contribution is -1.93. The molecule has 6 heteroatoms. The first-order valence-corrected chi connectivity index (χ1v) is 6.45. The maximum Gasteiger partial charge on any atom is 0.241 e. The van der Waals surface area contributed by atoms with Gasteiger partial charge < -0.3 is 19.7 Å². The Morgan fingerprint density at radius 1 is 0.636 bits per heavy atom. The fourth-order valence-electron chi connectivity index (χ4n) is 1.70. The van der Waals surface area contributed by atoms with Crippen molar-refractivity contribution in [1.29, 1.82) is 0 Å². The van der Waals surface area contributed by atoms with Crippen LogP contribution >= 0.6 is 0 Å². The second kappa shape index (κ2) is 6.01. The van der Waals surface area contributed by atoms with Gasteiger partial charge in [0.1, 0.15) is 23.0 Å². The van der Waals surface area contributed by atoms with Gasteiger partial charge in [0.15, 0.2) is 0 Å². The molecule has 0 bridgehead atoms. The number of phenolic OH excluding ortho intramolecular Hbond substituents is 2. The first-order valence-electron chi connectivity index (χ1n) is 6.45. The quantitative estimate of drug-likeness (QED) is 0.766. The van der Waals surface area contributed by atoms with E-state index in [-0.39, 0.29) is 23.3 Å². The average Bonchev–Trinajstić information content (AvgIpc) is 2.52. The minimum Gasteiger partial charge on any atom is -0.508 e. The van der Waals surface area contributed by atoms with Gasteiger partial charge in [-0.2, -0.15) is 4.98 Å². The van der Waals surface area contributed by atoms with Crippen molar-refractivity contribution in [2.45, 2.75) is 0 Å². The SMILES string of the molecule is Oc1ccc(Oc2cncc(Oc3ccc(O)cc3)n2)cc1. The van der Waals surface area contributed by atoms with Crippen molar-refractivity contribution in [3.05, 3.63) is 60.9 Å². The number of hydrogen-bond donors (Lipinski definition) is 2. The highest BCUT2D eigenvalue weighted by Crippen LogP contribution is 2.25. The monoisotopic (exact) mass is 296 g/mol. The molecule has 0 unspecified atom stereocenters. The van der Waals surface area contributed by atoms with Gasteiger partial charge in [0, 0.05) is 0 Å². The molecule has 3 rings (SSSR count). The fraction of sp³-hybridized carbons (Fsp3) is 0. The molecule has 1 aromatic heterocycles. The molecule has 0 atom stereocenters. The van der Waals surface area contributed by atoms with Crippen LogP contribution in [0, 0.1) is 0 Å². The number of rotatable bonds is 4. The van der Waals surface area contributed by atoms with Gasteiger partial charge in [-0.05, 0) is 48.5 Å². The van der Waals surface area contributed by atoms with Crippen molar-refractivity contribution in [2.24, 2.45) is 0 Å². The number of nitrogens with zero attached hydrogens (tertiary/aromatic N) is 2. The lowest BCUT2D eigenvalue weighted by Gasteiger charge is -2.07. The van der Waals surface area contributed by atoms with Gasteiger partial charge in [0.2, 0.25) is 11.8 Å². The number of hydrogen-bond acceptors (Lipinski definition) is 6. The molecular weight excluding hydrogens is 284 g/mol. The summed E-state index contributed by atoms with van der Waals surface area (Å²) in [6.45, 7) is 0. The highest BCUT2D eigenvalue weighted by Gasteiger charge is 2.04. The van der Waals surface area contributed by atoms with Crippen LogP contribution in [0.1, 0.15) is 0 Å². The largest absolute Gasteiger partial charge is 0.508 e. The van der Waals surface area contributed by atoms with E-state index < -0.39 is 0 Å². The normalized spacial score (nSPS) is 10.2. The molecule has 0 saturated carbocycles. The van der Waals surface area contributed by atoms with Crippen LogP contribution < -0.4 is 9.47 Å². The Hall–Kier alpha value is -3.28. The number of aromatic hydroxyl groups is 2. The van der Waals surface area contributed by atoms with Crippen molar-refractivity contribution in [3.63, 3.8) is 0 Å². The Morgan fingerprint density at radius 2 is 1.05 bits per heavy atom. The first kappa shape index (κ1) is 13.7. The van der Waals surface area contributed by atoms with Crippen LogP contribution in [0.5, 0.6) is 34.8 Å². The minimum absolute atomic E-state index is 0.155. The summed E-state index contributed by atoms with van der Waals surface area (Å²) in [6, 6.07) is 12.5. The first-order chi connectivity index (χ1) is 10.7. The molecule has 0 radical (unpaired) electrons. The van der Waals surface area contributed by atoms with Gasteiger partial charge in [0.05, 0.1) is 12.4 Å². The lowest BCUT2D eigenvalue weighted by atomic mass is 10.3. The van der Waals surface area contributed by atoms with Crippen molar-refractivity contribution in [1.82, 2.24) is 9.97 Å². The van der Waals surface area contributed by atoms with Gasteiger partial charge in [0.25, 0.3) is 0 Å². The molecule has 6 nitrogen and oxygen atoms in total. The van der Waals surface area contributed by atoms with Gasteiger partial charge in [-0.1, -0.05) is 0 Å². The number of phenols is 2. The van der Waals surface area contributed by atoms with Crippen LogP contribution in [0.2, 0.25) is 0 Å². The number of aromatic nitrogens is 2. The summed E-state index contributed by atoms with van der Waals surface area (Å²) in [5.74, 6) is 1.89. The Balaban J connectivity index is 1.74. The van der Waals surface area contributed by atoms with E-state index in [4.69, 9.17) is 9.47 Å². The van der Waals surface area contributed by atoms with Crippen molar-refractivity contribution >= 4 is 0 Å². The zero-order valence-corrected chi connectivity index (χ0v) is 11.4. The summed E-state index contributed by atoms with van der Waals surface area (Å²) in [7, 11) is 0. The molecular formula is C16H12N2O4. The van der Waals surface area contributed by atoms with Crippen LogP contribution in [-0.4, -0.2) is 20.2 Å². The average molecular weight is 296 g/mol. The molecule has 3 aromatic rings. The Bertz CT molecular complexity index is 695. The third kappa shape index (κ3) is 3.43. The molecule has 0 aliphatic carbocycles. The molecule has 0 amide bonds. The fourth-order valence-corrected chi connectivity index (χ4v) is 1.70. The molecule has 0 fully saturated rings. The molecule has 110 valence electrons. The van der Waals surface area contributed by atoms with Gasteiger partial charge in [-0.3, -0.25) is 4.98 Å². The van der Waals surface area contributed by atoms with E-state index in [1.165, 1.54) is 36.7 Å². The van der Waals surface area contributed by atoms with Crippen molar-refractivity contribution in [3.8, 4) is 34.8 Å². The maximum absolute atomic E-state index is 9.23. The van der Waals surface area contributed by atoms with Crippen LogP contribution in [0.4, 0.5) is 0 Å². The van der Waals surface area contributed by atoms with Crippen LogP contribution in [-0.2, 0) is 0 Å². The molecule has 2 N–H and O–H groups in total. The van der Waals surface area contributed by atoms with E-state index in [2.05, 4.69) is 9.97 Å². The third-order valence-electron chi connectivity index (χ3n) is 2.71. The molecule has 22 heavy (non-hydrogen) atoms. The summed E-state index contributed by atoms with van der Waals surface area (Å²) in [6.07, 6.45) is 2.91. The zero-order valence-electron chi connectivity index (χ0n) is 11.4. The highest BCUT2D eigenvalue weighted by atomic mass is 16.5. The molecule has 2 aromatic carbocycles. The topological polar surface area (TPSA) is 84.7 Å². The molecule has 0 aliphatic rings. The lowest BCUT2D eigenvalue weighted by molar-refractivity contribution is 0.419.